The molecule has 0 fully saturated rings. The summed E-state index contributed by atoms with van der Waals surface area (Å²) in [5, 5.41) is 0. The topological polar surface area (TPSA) is 35.5 Å². The Morgan fingerprint density at radius 2 is 1.81 bits per heavy atom. The molecule has 0 spiro atoms. The fourth-order valence-corrected chi connectivity index (χ4v) is 4.24. The minimum atomic E-state index is -0.653. The van der Waals surface area contributed by atoms with Crippen molar-refractivity contribution in [1.82, 2.24) is 0 Å². The van der Waals surface area contributed by atoms with Gasteiger partial charge in [0.1, 0.15) is 6.61 Å². The molecule has 1 aromatic carbocycles. The van der Waals surface area contributed by atoms with Gasteiger partial charge in [0.25, 0.3) is 0 Å². The van der Waals surface area contributed by atoms with Gasteiger partial charge in [-0.15, -0.1) is 0 Å². The number of hydrogen-bond acceptors (Lipinski definition) is 3. The van der Waals surface area contributed by atoms with E-state index in [0.29, 0.717) is 0 Å². The number of hydrogen-bond donors (Lipinski definition) is 0. The molecule has 0 aromatic heterocycles. The van der Waals surface area contributed by atoms with Crippen molar-refractivity contribution in [2.24, 2.45) is 0 Å². The molecule has 0 atom stereocenters. The summed E-state index contributed by atoms with van der Waals surface area (Å²) in [6, 6.07) is 2.02. The van der Waals surface area contributed by atoms with Crippen LogP contribution in [0.4, 0.5) is 4.79 Å². The number of rotatable bonds is 2. The summed E-state index contributed by atoms with van der Waals surface area (Å²) >= 11 is 9.13. The molecule has 0 aliphatic carbocycles. The Morgan fingerprint density at radius 3 is 2.38 bits per heavy atom. The predicted octanol–water partition coefficient (Wildman–Crippen LogP) is 4.39. The van der Waals surface area contributed by atoms with Crippen LogP contribution >= 0.6 is 90.4 Å². The number of carbonyl (C=O) groups is 1. The molecule has 7 heteroatoms. The van der Waals surface area contributed by atoms with Crippen molar-refractivity contribution in [2.75, 3.05) is 7.11 Å². The maximum Gasteiger partial charge on any atom is 0.508 e. The number of methoxy groups -OCH3 is 1. The van der Waals surface area contributed by atoms with Gasteiger partial charge in [-0.3, -0.25) is 0 Å². The fourth-order valence-electron chi connectivity index (χ4n) is 0.922. The predicted molar refractivity (Wildman–Crippen MR) is 94.5 cm³/mol. The molecule has 1 rings (SSSR count). The van der Waals surface area contributed by atoms with Gasteiger partial charge in [0, 0.05) is 19.8 Å². The van der Waals surface area contributed by atoms with E-state index < -0.39 is 6.16 Å². The molecule has 0 N–H and O–H groups in total. The van der Waals surface area contributed by atoms with Gasteiger partial charge in [-0.25, -0.2) is 4.79 Å². The van der Waals surface area contributed by atoms with Crippen LogP contribution in [-0.4, -0.2) is 13.3 Å². The highest BCUT2D eigenvalue weighted by molar-refractivity contribution is 14.1. The van der Waals surface area contributed by atoms with Crippen LogP contribution in [0.5, 0.6) is 0 Å². The number of carbonyl (C=O) groups excluding carboxylic acids is 1. The maximum absolute atomic E-state index is 10.9. The van der Waals surface area contributed by atoms with E-state index in [1.807, 2.05) is 6.07 Å². The highest BCUT2D eigenvalue weighted by Gasteiger charge is 2.13. The van der Waals surface area contributed by atoms with E-state index in [2.05, 4.69) is 95.1 Å². The summed E-state index contributed by atoms with van der Waals surface area (Å²) in [4.78, 5) is 10.9. The highest BCUT2D eigenvalue weighted by atomic mass is 127. The van der Waals surface area contributed by atoms with Crippen molar-refractivity contribution >= 4 is 96.5 Å². The molecule has 0 saturated heterocycles. The summed E-state index contributed by atoms with van der Waals surface area (Å²) in [7, 11) is 1.30. The monoisotopic (exact) mass is 670 g/mol. The molecule has 3 nitrogen and oxygen atoms in total. The third-order valence-electron chi connectivity index (χ3n) is 1.69. The van der Waals surface area contributed by atoms with Crippen LogP contribution in [0.1, 0.15) is 5.56 Å². The van der Waals surface area contributed by atoms with Crippen LogP contribution in [0.15, 0.2) is 6.07 Å². The van der Waals surface area contributed by atoms with E-state index in [0.717, 1.165) is 12.7 Å². The number of benzene rings is 1. The van der Waals surface area contributed by atoms with E-state index in [1.165, 1.54) is 14.3 Å². The first kappa shape index (κ1) is 15.5. The van der Waals surface area contributed by atoms with Crippen molar-refractivity contribution in [1.29, 1.82) is 0 Å². The molecule has 88 valence electrons. The van der Waals surface area contributed by atoms with Gasteiger partial charge in [-0.05, 0) is 96.4 Å². The summed E-state index contributed by atoms with van der Waals surface area (Å²) in [6.45, 7) is 0.244. The number of ether oxygens (including phenoxy) is 2. The molecule has 0 bridgehead atoms. The molecule has 1 aromatic rings. The Labute approximate surface area is 148 Å². The second kappa shape index (κ2) is 7.11. The maximum atomic E-state index is 10.9. The molecule has 0 saturated carbocycles. The fraction of sp³-hybridized carbons (Fsp3) is 0.222. The van der Waals surface area contributed by atoms with Gasteiger partial charge in [-0.1, -0.05) is 0 Å². The van der Waals surface area contributed by atoms with Crippen LogP contribution in [0.3, 0.4) is 0 Å². The summed E-state index contributed by atoms with van der Waals surface area (Å²) in [5.74, 6) is 0. The zero-order chi connectivity index (χ0) is 12.3. The molecule has 0 aliphatic heterocycles. The minimum Gasteiger partial charge on any atom is -0.438 e. The third kappa shape index (κ3) is 3.96. The first-order valence-electron chi connectivity index (χ1n) is 4.00. The van der Waals surface area contributed by atoms with Crippen molar-refractivity contribution in [2.45, 2.75) is 6.61 Å². The normalized spacial score (nSPS) is 10.1. The van der Waals surface area contributed by atoms with Gasteiger partial charge >= 0.3 is 6.16 Å². The van der Waals surface area contributed by atoms with Gasteiger partial charge in [-0.2, -0.15) is 0 Å². The van der Waals surface area contributed by atoms with Crippen LogP contribution in [-0.2, 0) is 16.1 Å². The zero-order valence-corrected chi connectivity index (χ0v) is 16.7. The standard InChI is InChI=1S/C9H6I4O3/c1-15-9(14)16-3-4-2-5(10)7(12)8(13)6(4)11/h2H,3H2,1H3. The summed E-state index contributed by atoms with van der Waals surface area (Å²) in [6.07, 6.45) is -0.653. The van der Waals surface area contributed by atoms with Crippen molar-refractivity contribution in [3.8, 4) is 0 Å². The van der Waals surface area contributed by atoms with Crippen molar-refractivity contribution in [3.63, 3.8) is 0 Å². The Bertz CT molecular complexity index is 420. The van der Waals surface area contributed by atoms with E-state index in [-0.39, 0.29) is 6.61 Å². The number of halogens is 4. The third-order valence-corrected chi connectivity index (χ3v) is 9.07. The largest absolute Gasteiger partial charge is 0.508 e. The van der Waals surface area contributed by atoms with E-state index in [4.69, 9.17) is 4.74 Å². The Morgan fingerprint density at radius 1 is 1.19 bits per heavy atom. The quantitative estimate of drug-likeness (QED) is 0.203. The van der Waals surface area contributed by atoms with Crippen molar-refractivity contribution in [3.05, 3.63) is 25.9 Å². The first-order chi connectivity index (χ1) is 7.47. The molecular formula is C9H6I4O3. The second-order valence-electron chi connectivity index (χ2n) is 2.70. The van der Waals surface area contributed by atoms with Gasteiger partial charge < -0.3 is 9.47 Å². The van der Waals surface area contributed by atoms with E-state index >= 15 is 0 Å². The average Bonchev–Trinajstić information content (AvgIpc) is 2.28. The summed E-state index contributed by atoms with van der Waals surface area (Å²) in [5.41, 5.74) is 1.00. The van der Waals surface area contributed by atoms with E-state index in [9.17, 15) is 4.79 Å². The second-order valence-corrected chi connectivity index (χ2v) is 7.10. The molecule has 0 radical (unpaired) electrons. The first-order valence-corrected chi connectivity index (χ1v) is 8.31. The van der Waals surface area contributed by atoms with Gasteiger partial charge in [0.15, 0.2) is 0 Å². The van der Waals surface area contributed by atoms with Gasteiger partial charge in [0.2, 0.25) is 0 Å². The lowest BCUT2D eigenvalue weighted by Gasteiger charge is -2.10. The van der Waals surface area contributed by atoms with E-state index in [1.54, 1.807) is 0 Å². The Kier molecular flexibility index (Phi) is 6.87. The molecule has 0 heterocycles. The van der Waals surface area contributed by atoms with Gasteiger partial charge in [0.05, 0.1) is 7.11 Å². The highest BCUT2D eigenvalue weighted by Crippen LogP contribution is 2.29. The zero-order valence-electron chi connectivity index (χ0n) is 8.02. The SMILES string of the molecule is COC(=O)OCc1cc(I)c(I)c(I)c1I. The Balaban J connectivity index is 2.93. The van der Waals surface area contributed by atoms with Crippen molar-refractivity contribution < 1.29 is 14.3 Å². The minimum absolute atomic E-state index is 0.244. The molecule has 0 unspecified atom stereocenters. The molecule has 16 heavy (non-hydrogen) atoms. The molecule has 0 aliphatic rings. The molecular weight excluding hydrogens is 664 g/mol. The summed E-state index contributed by atoms with van der Waals surface area (Å²) < 4.78 is 14.1. The smallest absolute Gasteiger partial charge is 0.438 e. The lowest BCUT2D eigenvalue weighted by Crippen LogP contribution is -2.06. The lowest BCUT2D eigenvalue weighted by atomic mass is 10.2. The van der Waals surface area contributed by atoms with Crippen LogP contribution in [0, 0.1) is 14.3 Å². The molecule has 0 amide bonds. The Hall–Kier alpha value is 1.41. The average molecular weight is 670 g/mol. The van der Waals surface area contributed by atoms with Crippen LogP contribution < -0.4 is 0 Å². The van der Waals surface area contributed by atoms with Crippen LogP contribution in [0.25, 0.3) is 0 Å². The lowest BCUT2D eigenvalue weighted by molar-refractivity contribution is 0.0667. The van der Waals surface area contributed by atoms with Crippen LogP contribution in [0.2, 0.25) is 0 Å².